The molecule has 27 heavy (non-hydrogen) atoms. The van der Waals surface area contributed by atoms with Crippen LogP contribution >= 0.6 is 0 Å². The number of halogens is 2. The van der Waals surface area contributed by atoms with Gasteiger partial charge in [-0.1, -0.05) is 30.3 Å². The first-order chi connectivity index (χ1) is 12.8. The molecular formula is C21H19F2NO2S. The van der Waals surface area contributed by atoms with Crippen molar-refractivity contribution in [2.24, 2.45) is 0 Å². The maximum atomic E-state index is 14.4. The van der Waals surface area contributed by atoms with Gasteiger partial charge in [0.2, 0.25) is 0 Å². The van der Waals surface area contributed by atoms with Gasteiger partial charge in [0.15, 0.2) is 0 Å². The van der Waals surface area contributed by atoms with Crippen molar-refractivity contribution < 1.29 is 17.2 Å². The molecule has 0 aromatic heterocycles. The molecule has 0 aliphatic heterocycles. The number of nitrogens with zero attached hydrogens (tertiary/aromatic N) is 1. The SMILES string of the molecule is Cc1cccc(N([C@H](C)c2ccccc2F)S(=O)(=O)c2ccc(F)cc2)c1. The van der Waals surface area contributed by atoms with E-state index in [1.807, 2.05) is 13.0 Å². The predicted molar refractivity (Wildman–Crippen MR) is 102 cm³/mol. The van der Waals surface area contributed by atoms with Gasteiger partial charge in [-0.05, 0) is 61.9 Å². The summed E-state index contributed by atoms with van der Waals surface area (Å²) < 4.78 is 55.5. The molecule has 0 heterocycles. The standard InChI is InChI=1S/C21H19F2NO2S/c1-15-6-5-7-18(14-15)24(16(2)20-8-3-4-9-21(20)23)27(25,26)19-12-10-17(22)11-13-19/h3-14,16H,1-2H3/t16-/m1/s1. The summed E-state index contributed by atoms with van der Waals surface area (Å²) >= 11 is 0. The van der Waals surface area contributed by atoms with Crippen LogP contribution in [0.15, 0.2) is 77.7 Å². The lowest BCUT2D eigenvalue weighted by atomic mass is 10.1. The molecule has 0 radical (unpaired) electrons. The van der Waals surface area contributed by atoms with E-state index < -0.39 is 27.7 Å². The predicted octanol–water partition coefficient (Wildman–Crippen LogP) is 5.23. The maximum absolute atomic E-state index is 14.4. The second kappa shape index (κ2) is 7.48. The van der Waals surface area contributed by atoms with E-state index in [9.17, 15) is 17.2 Å². The molecule has 0 bridgehead atoms. The molecule has 0 amide bonds. The van der Waals surface area contributed by atoms with E-state index in [1.165, 1.54) is 22.5 Å². The van der Waals surface area contributed by atoms with Crippen molar-refractivity contribution in [2.45, 2.75) is 24.8 Å². The first-order valence-corrected chi connectivity index (χ1v) is 9.86. The molecule has 0 saturated heterocycles. The Morgan fingerprint density at radius 1 is 0.889 bits per heavy atom. The third-order valence-corrected chi connectivity index (χ3v) is 6.25. The van der Waals surface area contributed by atoms with Crippen molar-refractivity contribution in [3.8, 4) is 0 Å². The van der Waals surface area contributed by atoms with Gasteiger partial charge in [0, 0.05) is 5.56 Å². The van der Waals surface area contributed by atoms with Crippen LogP contribution in [0.1, 0.15) is 24.1 Å². The van der Waals surface area contributed by atoms with Gasteiger partial charge >= 0.3 is 0 Å². The number of sulfonamides is 1. The molecule has 3 aromatic rings. The van der Waals surface area contributed by atoms with Gasteiger partial charge in [0.25, 0.3) is 10.0 Å². The molecule has 0 fully saturated rings. The molecule has 0 unspecified atom stereocenters. The van der Waals surface area contributed by atoms with E-state index in [-0.39, 0.29) is 10.5 Å². The Kier molecular flexibility index (Phi) is 5.28. The molecule has 0 aliphatic carbocycles. The first-order valence-electron chi connectivity index (χ1n) is 8.42. The zero-order valence-electron chi connectivity index (χ0n) is 14.9. The van der Waals surface area contributed by atoms with Crippen LogP contribution in [0.2, 0.25) is 0 Å². The van der Waals surface area contributed by atoms with Crippen LogP contribution in [0.3, 0.4) is 0 Å². The fraction of sp³-hybridized carbons (Fsp3) is 0.143. The van der Waals surface area contributed by atoms with Gasteiger partial charge in [-0.15, -0.1) is 0 Å². The second-order valence-electron chi connectivity index (χ2n) is 6.29. The molecule has 0 saturated carbocycles. The van der Waals surface area contributed by atoms with Gasteiger partial charge < -0.3 is 0 Å². The quantitative estimate of drug-likeness (QED) is 0.601. The molecule has 3 nitrogen and oxygen atoms in total. The third kappa shape index (κ3) is 3.85. The zero-order chi connectivity index (χ0) is 19.6. The minimum atomic E-state index is -4.05. The highest BCUT2D eigenvalue weighted by Gasteiger charge is 2.31. The molecular weight excluding hydrogens is 368 g/mol. The Morgan fingerprint density at radius 3 is 2.19 bits per heavy atom. The van der Waals surface area contributed by atoms with E-state index >= 15 is 0 Å². The molecule has 3 aromatic carbocycles. The van der Waals surface area contributed by atoms with Gasteiger partial charge in [0.05, 0.1) is 16.6 Å². The first kappa shape index (κ1) is 19.0. The lowest BCUT2D eigenvalue weighted by Gasteiger charge is -2.31. The van der Waals surface area contributed by atoms with E-state index in [4.69, 9.17) is 0 Å². The topological polar surface area (TPSA) is 37.4 Å². The fourth-order valence-electron chi connectivity index (χ4n) is 3.00. The molecule has 6 heteroatoms. The average molecular weight is 387 g/mol. The van der Waals surface area contributed by atoms with Crippen LogP contribution in [0.4, 0.5) is 14.5 Å². The Hall–Kier alpha value is -2.73. The molecule has 3 rings (SSSR count). The molecule has 140 valence electrons. The van der Waals surface area contributed by atoms with Crippen molar-refractivity contribution in [1.82, 2.24) is 0 Å². The number of aryl methyl sites for hydroxylation is 1. The van der Waals surface area contributed by atoms with E-state index in [1.54, 1.807) is 43.3 Å². The normalized spacial score (nSPS) is 12.6. The number of anilines is 1. The van der Waals surface area contributed by atoms with Crippen molar-refractivity contribution in [3.63, 3.8) is 0 Å². The van der Waals surface area contributed by atoms with Crippen molar-refractivity contribution in [3.05, 3.63) is 95.6 Å². The van der Waals surface area contributed by atoms with Crippen LogP contribution < -0.4 is 4.31 Å². The van der Waals surface area contributed by atoms with Crippen molar-refractivity contribution in [2.75, 3.05) is 4.31 Å². The van der Waals surface area contributed by atoms with Gasteiger partial charge in [-0.25, -0.2) is 17.2 Å². The highest BCUT2D eigenvalue weighted by atomic mass is 32.2. The summed E-state index contributed by atoms with van der Waals surface area (Å²) in [5.41, 5.74) is 1.53. The van der Waals surface area contributed by atoms with Gasteiger partial charge in [-0.2, -0.15) is 0 Å². The lowest BCUT2D eigenvalue weighted by Crippen LogP contribution is -2.34. The summed E-state index contributed by atoms with van der Waals surface area (Å²) in [4.78, 5) is -0.0615. The lowest BCUT2D eigenvalue weighted by molar-refractivity contribution is 0.569. The summed E-state index contributed by atoms with van der Waals surface area (Å²) in [6.45, 7) is 3.47. The van der Waals surface area contributed by atoms with E-state index in [2.05, 4.69) is 0 Å². The maximum Gasteiger partial charge on any atom is 0.264 e. The summed E-state index contributed by atoms with van der Waals surface area (Å²) in [5, 5.41) is 0. The van der Waals surface area contributed by atoms with Crippen LogP contribution in [0.5, 0.6) is 0 Å². The Bertz CT molecular complexity index is 1050. The van der Waals surface area contributed by atoms with Crippen LogP contribution in [-0.2, 0) is 10.0 Å². The molecule has 0 aliphatic rings. The van der Waals surface area contributed by atoms with E-state index in [0.717, 1.165) is 17.7 Å². The van der Waals surface area contributed by atoms with Crippen LogP contribution in [-0.4, -0.2) is 8.42 Å². The molecule has 0 N–H and O–H groups in total. The minimum Gasteiger partial charge on any atom is -0.259 e. The number of rotatable bonds is 5. The Labute approximate surface area is 157 Å². The third-order valence-electron chi connectivity index (χ3n) is 4.33. The molecule has 1 atom stereocenters. The van der Waals surface area contributed by atoms with Gasteiger partial charge in [0.1, 0.15) is 11.6 Å². The average Bonchev–Trinajstić information content (AvgIpc) is 2.62. The zero-order valence-corrected chi connectivity index (χ0v) is 15.7. The fourth-order valence-corrected chi connectivity index (χ4v) is 4.62. The highest BCUT2D eigenvalue weighted by molar-refractivity contribution is 7.92. The Balaban J connectivity index is 2.19. The van der Waals surface area contributed by atoms with Crippen LogP contribution in [0, 0.1) is 18.6 Å². The van der Waals surface area contributed by atoms with Crippen molar-refractivity contribution in [1.29, 1.82) is 0 Å². The van der Waals surface area contributed by atoms with E-state index in [0.29, 0.717) is 5.69 Å². The number of hydrogen-bond donors (Lipinski definition) is 0. The van der Waals surface area contributed by atoms with Crippen molar-refractivity contribution >= 4 is 15.7 Å². The highest BCUT2D eigenvalue weighted by Crippen LogP contribution is 2.34. The second-order valence-corrected chi connectivity index (χ2v) is 8.11. The summed E-state index contributed by atoms with van der Waals surface area (Å²) in [6.07, 6.45) is 0. The Morgan fingerprint density at radius 2 is 1.56 bits per heavy atom. The summed E-state index contributed by atoms with van der Waals surface area (Å²) in [6, 6.07) is 16.8. The number of benzene rings is 3. The number of hydrogen-bond acceptors (Lipinski definition) is 2. The largest absolute Gasteiger partial charge is 0.264 e. The van der Waals surface area contributed by atoms with Gasteiger partial charge in [-0.3, -0.25) is 4.31 Å². The minimum absolute atomic E-state index is 0.0615. The molecule has 0 spiro atoms. The smallest absolute Gasteiger partial charge is 0.259 e. The summed E-state index contributed by atoms with van der Waals surface area (Å²) in [5.74, 6) is -1.02. The summed E-state index contributed by atoms with van der Waals surface area (Å²) in [7, 11) is -4.05. The van der Waals surface area contributed by atoms with Crippen LogP contribution in [0.25, 0.3) is 0 Å². The monoisotopic (exact) mass is 387 g/mol.